The molecular formula is C11H16N2O. The Labute approximate surface area is 84.2 Å². The highest BCUT2D eigenvalue weighted by Crippen LogP contribution is 2.34. The van der Waals surface area contributed by atoms with Crippen molar-refractivity contribution in [2.75, 3.05) is 7.05 Å². The van der Waals surface area contributed by atoms with E-state index in [4.69, 9.17) is 5.21 Å². The Bertz CT molecular complexity index is 304. The van der Waals surface area contributed by atoms with E-state index in [9.17, 15) is 0 Å². The third kappa shape index (κ3) is 1.47. The summed E-state index contributed by atoms with van der Waals surface area (Å²) in [6, 6.07) is 0. The van der Waals surface area contributed by atoms with Crippen molar-refractivity contribution in [3.8, 4) is 0 Å². The van der Waals surface area contributed by atoms with Crippen molar-refractivity contribution < 1.29 is 5.21 Å². The second kappa shape index (κ2) is 3.95. The van der Waals surface area contributed by atoms with Gasteiger partial charge < -0.3 is 5.21 Å². The third-order valence-corrected chi connectivity index (χ3v) is 3.28. The van der Waals surface area contributed by atoms with E-state index < -0.39 is 0 Å². The topological polar surface area (TPSA) is 45.0 Å². The summed E-state index contributed by atoms with van der Waals surface area (Å²) in [5.41, 5.74) is 1.63. The molecule has 14 heavy (non-hydrogen) atoms. The van der Waals surface area contributed by atoms with Crippen LogP contribution in [0.25, 0.3) is 0 Å². The van der Waals surface area contributed by atoms with Crippen LogP contribution in [0.15, 0.2) is 22.3 Å². The predicted octanol–water partition coefficient (Wildman–Crippen LogP) is 2.26. The van der Waals surface area contributed by atoms with Crippen LogP contribution in [0.1, 0.15) is 25.7 Å². The molecule has 1 saturated carbocycles. The van der Waals surface area contributed by atoms with Gasteiger partial charge in [0, 0.05) is 13.0 Å². The summed E-state index contributed by atoms with van der Waals surface area (Å²) in [5, 5.41) is 12.1. The van der Waals surface area contributed by atoms with Gasteiger partial charge in [0.25, 0.3) is 0 Å². The molecule has 1 fully saturated rings. The molecule has 0 aromatic rings. The Balaban J connectivity index is 2.32. The van der Waals surface area contributed by atoms with E-state index in [1.807, 2.05) is 6.08 Å². The third-order valence-electron chi connectivity index (χ3n) is 3.28. The van der Waals surface area contributed by atoms with Crippen molar-refractivity contribution >= 4 is 11.4 Å². The maximum absolute atomic E-state index is 8.84. The van der Waals surface area contributed by atoms with Crippen LogP contribution >= 0.6 is 0 Å². The highest BCUT2D eigenvalue weighted by molar-refractivity contribution is 6.47. The Morgan fingerprint density at radius 2 is 2.14 bits per heavy atom. The first kappa shape index (κ1) is 9.44. The van der Waals surface area contributed by atoms with E-state index >= 15 is 0 Å². The van der Waals surface area contributed by atoms with Crippen LogP contribution in [0, 0.1) is 11.8 Å². The second-order valence-corrected chi connectivity index (χ2v) is 4.01. The van der Waals surface area contributed by atoms with Crippen LogP contribution in [-0.4, -0.2) is 23.7 Å². The minimum absolute atomic E-state index is 0.490. The van der Waals surface area contributed by atoms with Crippen molar-refractivity contribution in [2.45, 2.75) is 25.7 Å². The number of rotatable bonds is 0. The number of allylic oxidation sites excluding steroid dienone is 2. The van der Waals surface area contributed by atoms with Gasteiger partial charge >= 0.3 is 0 Å². The number of oxime groups is 1. The van der Waals surface area contributed by atoms with E-state index in [0.29, 0.717) is 17.5 Å². The van der Waals surface area contributed by atoms with Gasteiger partial charge in [0.2, 0.25) is 0 Å². The average molecular weight is 192 g/mol. The zero-order chi connectivity index (χ0) is 9.97. The van der Waals surface area contributed by atoms with Gasteiger partial charge in [0.15, 0.2) is 0 Å². The monoisotopic (exact) mass is 192 g/mol. The fraction of sp³-hybridized carbons (Fsp3) is 0.636. The van der Waals surface area contributed by atoms with Gasteiger partial charge in [-0.25, -0.2) is 0 Å². The summed E-state index contributed by atoms with van der Waals surface area (Å²) in [6.45, 7) is 0. The first-order chi connectivity index (χ1) is 6.86. The lowest BCUT2D eigenvalue weighted by molar-refractivity contribution is 0.317. The van der Waals surface area contributed by atoms with Gasteiger partial charge in [-0.3, -0.25) is 4.99 Å². The van der Waals surface area contributed by atoms with Gasteiger partial charge in [-0.1, -0.05) is 24.1 Å². The van der Waals surface area contributed by atoms with Crippen LogP contribution in [0.5, 0.6) is 0 Å². The molecule has 2 atom stereocenters. The number of nitrogens with zero attached hydrogens (tertiary/aromatic N) is 2. The minimum Gasteiger partial charge on any atom is -0.410 e. The summed E-state index contributed by atoms with van der Waals surface area (Å²) in [7, 11) is 1.78. The first-order valence-corrected chi connectivity index (χ1v) is 5.24. The van der Waals surface area contributed by atoms with Gasteiger partial charge in [0.1, 0.15) is 5.71 Å². The van der Waals surface area contributed by atoms with Gasteiger partial charge in [-0.05, 0) is 24.8 Å². The zero-order valence-corrected chi connectivity index (χ0v) is 8.48. The molecule has 2 unspecified atom stereocenters. The average Bonchev–Trinajstić information content (AvgIpc) is 2.27. The minimum atomic E-state index is 0.490. The van der Waals surface area contributed by atoms with Crippen LogP contribution < -0.4 is 0 Å². The second-order valence-electron chi connectivity index (χ2n) is 4.01. The Kier molecular flexibility index (Phi) is 2.66. The smallest absolute Gasteiger partial charge is 0.123 e. The molecule has 1 N–H and O–H groups in total. The van der Waals surface area contributed by atoms with E-state index in [1.54, 1.807) is 7.05 Å². The van der Waals surface area contributed by atoms with E-state index in [0.717, 1.165) is 5.71 Å². The Morgan fingerprint density at radius 3 is 2.86 bits per heavy atom. The largest absolute Gasteiger partial charge is 0.410 e. The standard InChI is InChI=1S/C11H16N2O/c1-12-11-9-5-3-2-4-8(9)6-7-10(11)13-14/h6-9,14H,2-5H2,1H3/b12-11?,13-10+. The van der Waals surface area contributed by atoms with Gasteiger partial charge in [0.05, 0.1) is 5.71 Å². The highest BCUT2D eigenvalue weighted by atomic mass is 16.4. The Hall–Kier alpha value is -1.12. The van der Waals surface area contributed by atoms with E-state index in [1.165, 1.54) is 25.7 Å². The highest BCUT2D eigenvalue weighted by Gasteiger charge is 2.32. The molecule has 0 aromatic heterocycles. The van der Waals surface area contributed by atoms with Crippen LogP contribution in [0.3, 0.4) is 0 Å². The normalized spacial score (nSPS) is 37.5. The van der Waals surface area contributed by atoms with Crippen LogP contribution in [-0.2, 0) is 0 Å². The van der Waals surface area contributed by atoms with Crippen molar-refractivity contribution in [1.29, 1.82) is 0 Å². The molecular weight excluding hydrogens is 176 g/mol. The quantitative estimate of drug-likeness (QED) is 0.464. The molecule has 3 heteroatoms. The van der Waals surface area contributed by atoms with Crippen molar-refractivity contribution in [1.82, 2.24) is 0 Å². The summed E-state index contributed by atoms with van der Waals surface area (Å²) in [6.07, 6.45) is 9.09. The number of fused-ring (bicyclic) bond motifs is 1. The molecule has 0 bridgehead atoms. The van der Waals surface area contributed by atoms with Crippen LogP contribution in [0.4, 0.5) is 0 Å². The van der Waals surface area contributed by atoms with Crippen molar-refractivity contribution in [3.63, 3.8) is 0 Å². The van der Waals surface area contributed by atoms with Gasteiger partial charge in [-0.2, -0.15) is 0 Å². The van der Waals surface area contributed by atoms with Crippen molar-refractivity contribution in [2.24, 2.45) is 22.0 Å². The molecule has 2 aliphatic carbocycles. The maximum atomic E-state index is 8.84. The molecule has 0 aromatic carbocycles. The van der Waals surface area contributed by atoms with Gasteiger partial charge in [-0.15, -0.1) is 0 Å². The van der Waals surface area contributed by atoms with E-state index in [2.05, 4.69) is 16.2 Å². The molecule has 3 nitrogen and oxygen atoms in total. The SMILES string of the molecule is CN=C1/C(=N/O)C=CC2CCCCC12. The lowest BCUT2D eigenvalue weighted by atomic mass is 9.72. The molecule has 76 valence electrons. The summed E-state index contributed by atoms with van der Waals surface area (Å²) in [5.74, 6) is 1.11. The number of hydrogen-bond donors (Lipinski definition) is 1. The van der Waals surface area contributed by atoms with Crippen molar-refractivity contribution in [3.05, 3.63) is 12.2 Å². The molecule has 0 radical (unpaired) electrons. The summed E-state index contributed by atoms with van der Waals surface area (Å²) < 4.78 is 0. The molecule has 0 saturated heterocycles. The maximum Gasteiger partial charge on any atom is 0.123 e. The molecule has 0 spiro atoms. The molecule has 0 aliphatic heterocycles. The fourth-order valence-corrected chi connectivity index (χ4v) is 2.58. The zero-order valence-electron chi connectivity index (χ0n) is 8.48. The summed E-state index contributed by atoms with van der Waals surface area (Å²) >= 11 is 0. The lowest BCUT2D eigenvalue weighted by Crippen LogP contribution is -2.34. The molecule has 2 aliphatic rings. The molecule has 0 amide bonds. The molecule has 0 heterocycles. The fourth-order valence-electron chi connectivity index (χ4n) is 2.58. The number of hydrogen-bond acceptors (Lipinski definition) is 3. The van der Waals surface area contributed by atoms with Crippen LogP contribution in [0.2, 0.25) is 0 Å². The summed E-state index contributed by atoms with van der Waals surface area (Å²) in [4.78, 5) is 4.26. The molecule has 2 rings (SSSR count). The predicted molar refractivity (Wildman–Crippen MR) is 57.2 cm³/mol. The Morgan fingerprint density at radius 1 is 1.36 bits per heavy atom. The van der Waals surface area contributed by atoms with E-state index in [-0.39, 0.29) is 0 Å². The lowest BCUT2D eigenvalue weighted by Gasteiger charge is -2.33. The first-order valence-electron chi connectivity index (χ1n) is 5.24. The number of aliphatic imine (C=N–C) groups is 1.